The van der Waals surface area contributed by atoms with Gasteiger partial charge in [0, 0.05) is 7.11 Å². The van der Waals surface area contributed by atoms with Crippen molar-refractivity contribution in [1.82, 2.24) is 0 Å². The molecule has 0 atom stereocenters. The Kier molecular flexibility index (Phi) is 22.5. The first-order chi connectivity index (χ1) is 9.43. The summed E-state index contributed by atoms with van der Waals surface area (Å²) in [6.45, 7) is 12.9. The van der Waals surface area contributed by atoms with Crippen LogP contribution in [-0.2, 0) is 21.7 Å². The topological polar surface area (TPSA) is 20.2 Å². The quantitative estimate of drug-likeness (QED) is 0.454. The molecular formula is C19H30Cl2OTi. The molecule has 0 saturated heterocycles. The van der Waals surface area contributed by atoms with Crippen LogP contribution in [0.15, 0.2) is 41.0 Å². The first kappa shape index (κ1) is 30.8. The largest absolute Gasteiger partial charge is 2.00 e. The summed E-state index contributed by atoms with van der Waals surface area (Å²) >= 11 is 0. The summed E-state index contributed by atoms with van der Waals surface area (Å²) in [4.78, 5) is 0. The molecule has 0 fully saturated rings. The van der Waals surface area contributed by atoms with E-state index in [1.807, 2.05) is 12.1 Å². The van der Waals surface area contributed by atoms with Gasteiger partial charge < -0.3 is 11.0 Å². The second-order valence-corrected chi connectivity index (χ2v) is 5.46. The summed E-state index contributed by atoms with van der Waals surface area (Å²) in [7, 11) is 1.00. The van der Waals surface area contributed by atoms with Crippen molar-refractivity contribution >= 4 is 30.4 Å². The normalized spacial score (nSPS) is 12.0. The first-order valence-corrected chi connectivity index (χ1v) is 6.98. The van der Waals surface area contributed by atoms with Gasteiger partial charge in [-0.1, -0.05) is 16.7 Å². The Labute approximate surface area is 170 Å². The molecule has 0 unspecified atom stereocenters. The van der Waals surface area contributed by atoms with Crippen molar-refractivity contribution in [3.05, 3.63) is 58.5 Å². The number of rotatable bonds is 1. The second kappa shape index (κ2) is 16.8. The molecular weight excluding hydrogens is 363 g/mol. The average Bonchev–Trinajstić information content (AvgIpc) is 2.69. The molecule has 130 valence electrons. The van der Waals surface area contributed by atoms with E-state index in [9.17, 15) is 0 Å². The van der Waals surface area contributed by atoms with Gasteiger partial charge in [0.05, 0.1) is 0 Å². The summed E-state index contributed by atoms with van der Waals surface area (Å²) in [6, 6.07) is 11.5. The summed E-state index contributed by atoms with van der Waals surface area (Å²) in [5.74, 6) is 1.42. The minimum Gasteiger partial charge on any atom is -0.400 e. The third-order valence-corrected chi connectivity index (χ3v) is 3.13. The molecule has 2 rings (SSSR count). The van der Waals surface area contributed by atoms with Crippen molar-refractivity contribution in [2.75, 3.05) is 7.11 Å². The van der Waals surface area contributed by atoms with Crippen LogP contribution in [0.4, 0.5) is 0 Å². The van der Waals surface area contributed by atoms with E-state index in [1.54, 1.807) is 0 Å². The molecule has 1 aromatic rings. The third-order valence-electron chi connectivity index (χ3n) is 3.13. The van der Waals surface area contributed by atoms with E-state index < -0.39 is 0 Å². The number of hydrogen-bond donors (Lipinski definition) is 1. The molecule has 1 nitrogen and oxygen atoms in total. The molecule has 0 heterocycles. The van der Waals surface area contributed by atoms with Gasteiger partial charge in [-0.25, -0.2) is 0 Å². The van der Waals surface area contributed by atoms with Gasteiger partial charge in [0.25, 0.3) is 0 Å². The zero-order valence-electron chi connectivity index (χ0n) is 15.3. The van der Waals surface area contributed by atoms with Crippen molar-refractivity contribution < 1.29 is 26.8 Å². The van der Waals surface area contributed by atoms with Gasteiger partial charge in [0.15, 0.2) is 0 Å². The number of aliphatic hydroxyl groups excluding tert-OH is 1. The minimum atomic E-state index is 0. The Balaban J connectivity index is -0.000000178. The number of allylic oxidation sites excluding steroid dienone is 4. The van der Waals surface area contributed by atoms with E-state index in [0.717, 1.165) is 13.5 Å². The number of benzene rings is 1. The molecule has 1 aliphatic rings. The van der Waals surface area contributed by atoms with Gasteiger partial charge >= 0.3 is 21.7 Å². The zero-order valence-corrected chi connectivity index (χ0v) is 18.5. The number of halogens is 2. The number of hydrogen-bond acceptors (Lipinski definition) is 1. The Morgan fingerprint density at radius 1 is 0.957 bits per heavy atom. The summed E-state index contributed by atoms with van der Waals surface area (Å²) in [5, 5.41) is 7.00. The van der Waals surface area contributed by atoms with Crippen LogP contribution in [-0.4, -0.2) is 12.2 Å². The molecule has 1 aromatic carbocycles. The zero-order chi connectivity index (χ0) is 15.7. The average molecular weight is 393 g/mol. The van der Waals surface area contributed by atoms with Crippen LogP contribution in [0.25, 0.3) is 5.57 Å². The van der Waals surface area contributed by atoms with E-state index in [4.69, 9.17) is 5.11 Å². The summed E-state index contributed by atoms with van der Waals surface area (Å²) < 4.78 is 0. The van der Waals surface area contributed by atoms with Crippen molar-refractivity contribution in [1.29, 1.82) is 0 Å². The number of aliphatic hydroxyl groups is 1. The Hall–Kier alpha value is -0.0457. The molecule has 0 radical (unpaired) electrons. The van der Waals surface area contributed by atoms with E-state index in [-0.39, 0.29) is 46.5 Å². The van der Waals surface area contributed by atoms with Crippen molar-refractivity contribution in [3.8, 4) is 0 Å². The monoisotopic (exact) mass is 392 g/mol. The maximum absolute atomic E-state index is 7.00. The molecule has 0 amide bonds. The molecule has 1 aliphatic carbocycles. The van der Waals surface area contributed by atoms with Crippen molar-refractivity contribution in [2.45, 2.75) is 48.0 Å². The molecule has 23 heavy (non-hydrogen) atoms. The Morgan fingerprint density at radius 3 is 1.74 bits per heavy atom. The van der Waals surface area contributed by atoms with Crippen molar-refractivity contribution in [3.63, 3.8) is 0 Å². The summed E-state index contributed by atoms with van der Waals surface area (Å²) in [5.41, 5.74) is 7.08. The fourth-order valence-electron chi connectivity index (χ4n) is 1.96. The first-order valence-electron chi connectivity index (χ1n) is 6.98. The van der Waals surface area contributed by atoms with Crippen LogP contribution < -0.4 is 0 Å². The standard InChI is InChI=1S/C14H15.C4H9.CH4O.2ClH.Ti/c1-10-9-14(12(3)11(10)2)13-7-5-4-6-8-13;1-4(2)3;1-2;;;/h4-7H,9H2,1-3H3;1-3H3;2H,1H3;2*1H;/q2*-1;;;;+2. The van der Waals surface area contributed by atoms with E-state index >= 15 is 0 Å². The van der Waals surface area contributed by atoms with Gasteiger partial charge in [-0.05, 0) is 27.2 Å². The van der Waals surface area contributed by atoms with Gasteiger partial charge in [0.1, 0.15) is 0 Å². The molecule has 0 saturated carbocycles. The van der Waals surface area contributed by atoms with E-state index in [2.05, 4.69) is 59.7 Å². The minimum absolute atomic E-state index is 0. The Morgan fingerprint density at radius 2 is 1.43 bits per heavy atom. The fraction of sp³-hybridized carbons (Fsp3) is 0.421. The maximum Gasteiger partial charge on any atom is 2.00 e. The smallest absolute Gasteiger partial charge is 0.400 e. The maximum atomic E-state index is 7.00. The van der Waals surface area contributed by atoms with Gasteiger partial charge in [-0.3, -0.25) is 0 Å². The van der Waals surface area contributed by atoms with Gasteiger partial charge in [-0.2, -0.15) is 20.8 Å². The third kappa shape index (κ3) is 11.2. The van der Waals surface area contributed by atoms with E-state index in [1.165, 1.54) is 33.8 Å². The summed E-state index contributed by atoms with van der Waals surface area (Å²) in [6.07, 6.45) is 1.10. The van der Waals surface area contributed by atoms with Gasteiger partial charge in [-0.15, -0.1) is 66.3 Å². The molecule has 1 N–H and O–H groups in total. The van der Waals surface area contributed by atoms with Crippen LogP contribution in [0.2, 0.25) is 0 Å². The second-order valence-electron chi connectivity index (χ2n) is 5.46. The molecule has 0 aliphatic heterocycles. The van der Waals surface area contributed by atoms with Crippen molar-refractivity contribution in [2.24, 2.45) is 0 Å². The van der Waals surface area contributed by atoms with Crippen LogP contribution in [0.5, 0.6) is 0 Å². The molecule has 0 spiro atoms. The SMILES string of the molecule is CC1=C(C)C(C)=C(c2[c-]cccc2)C1.CO.C[C-](C)C.Cl.Cl.[Ti+2]. The van der Waals surface area contributed by atoms with Crippen LogP contribution in [0, 0.1) is 12.0 Å². The van der Waals surface area contributed by atoms with Crippen LogP contribution >= 0.6 is 24.8 Å². The molecule has 0 bridgehead atoms. The molecule has 0 aromatic heterocycles. The Bertz CT molecular complexity index is 463. The van der Waals surface area contributed by atoms with Crippen LogP contribution in [0.1, 0.15) is 53.5 Å². The van der Waals surface area contributed by atoms with Gasteiger partial charge in [0.2, 0.25) is 0 Å². The molecule has 4 heteroatoms. The fourth-order valence-corrected chi connectivity index (χ4v) is 1.96. The van der Waals surface area contributed by atoms with Crippen LogP contribution in [0.3, 0.4) is 0 Å². The predicted octanol–water partition coefficient (Wildman–Crippen LogP) is 6.07. The van der Waals surface area contributed by atoms with E-state index in [0.29, 0.717) is 0 Å². The predicted molar refractivity (Wildman–Crippen MR) is 104 cm³/mol.